The van der Waals surface area contributed by atoms with Gasteiger partial charge in [-0.15, -0.1) is 11.3 Å². The quantitative estimate of drug-likeness (QED) is 0.711. The third-order valence-electron chi connectivity index (χ3n) is 6.75. The van der Waals surface area contributed by atoms with Crippen LogP contribution in [0.4, 0.5) is 0 Å². The summed E-state index contributed by atoms with van der Waals surface area (Å²) in [6.07, 6.45) is 2.46. The molecule has 0 unspecified atom stereocenters. The zero-order chi connectivity index (χ0) is 22.0. The van der Waals surface area contributed by atoms with E-state index >= 15 is 0 Å². The Balaban J connectivity index is 1.52. The normalized spacial score (nSPS) is 20.4. The topological polar surface area (TPSA) is 43.9 Å². The number of hydrogen-bond donors (Lipinski definition) is 0. The summed E-state index contributed by atoms with van der Waals surface area (Å²) in [7, 11) is 0. The second kappa shape index (κ2) is 9.53. The summed E-state index contributed by atoms with van der Waals surface area (Å²) < 4.78 is 0. The lowest BCUT2D eigenvalue weighted by atomic mass is 9.89. The second-order valence-electron chi connectivity index (χ2n) is 8.68. The molecule has 2 atom stereocenters. The lowest BCUT2D eigenvalue weighted by molar-refractivity contribution is -0.143. The van der Waals surface area contributed by atoms with E-state index in [4.69, 9.17) is 0 Å². The van der Waals surface area contributed by atoms with Crippen LogP contribution in [0.1, 0.15) is 54.3 Å². The maximum Gasteiger partial charge on any atom is 0.239 e. The van der Waals surface area contributed by atoms with Gasteiger partial charge in [0.05, 0.1) is 12.1 Å². The van der Waals surface area contributed by atoms with E-state index in [2.05, 4.69) is 54.5 Å². The smallest absolute Gasteiger partial charge is 0.239 e. The van der Waals surface area contributed by atoms with E-state index in [1.807, 2.05) is 28.1 Å². The van der Waals surface area contributed by atoms with Crippen molar-refractivity contribution in [3.63, 3.8) is 0 Å². The van der Waals surface area contributed by atoms with E-state index in [9.17, 15) is 9.59 Å². The number of amides is 2. The summed E-state index contributed by atoms with van der Waals surface area (Å²) in [5, 5.41) is 2.18. The monoisotopic (exact) mass is 439 g/mol. The molecule has 2 aromatic rings. The standard InChI is InChI=1S/C25H33N3O2S/c1-4-7-23(29)26-13-15-27(16-14-26)25(30)19(3)28-12-10-22-21(11-17-31-22)24(28)20-9-6-5-8-18(20)2/h5-6,8-9,11,17,19,24H,4,7,10,12-16H2,1-3H3/t19-,24-/m0/s1. The second-order valence-corrected chi connectivity index (χ2v) is 9.68. The zero-order valence-corrected chi connectivity index (χ0v) is 19.7. The number of fused-ring (bicyclic) bond motifs is 1. The van der Waals surface area contributed by atoms with Crippen molar-refractivity contribution < 1.29 is 9.59 Å². The van der Waals surface area contributed by atoms with Crippen molar-refractivity contribution in [2.75, 3.05) is 32.7 Å². The Labute approximate surface area is 189 Å². The first-order valence-electron chi connectivity index (χ1n) is 11.4. The maximum absolute atomic E-state index is 13.5. The molecule has 2 aliphatic rings. The van der Waals surface area contributed by atoms with E-state index in [0.717, 1.165) is 19.4 Å². The molecule has 1 aromatic carbocycles. The van der Waals surface area contributed by atoms with Gasteiger partial charge in [-0.1, -0.05) is 31.2 Å². The van der Waals surface area contributed by atoms with Crippen molar-refractivity contribution in [3.05, 3.63) is 57.3 Å². The zero-order valence-electron chi connectivity index (χ0n) is 18.8. The highest BCUT2D eigenvalue weighted by atomic mass is 32.1. The predicted octanol–water partition coefficient (Wildman–Crippen LogP) is 3.86. The van der Waals surface area contributed by atoms with E-state index in [0.29, 0.717) is 32.6 Å². The highest BCUT2D eigenvalue weighted by Crippen LogP contribution is 2.40. The van der Waals surface area contributed by atoms with Crippen LogP contribution in [0.5, 0.6) is 0 Å². The predicted molar refractivity (Wildman–Crippen MR) is 125 cm³/mol. The van der Waals surface area contributed by atoms with Gasteiger partial charge in [0.25, 0.3) is 0 Å². The van der Waals surface area contributed by atoms with Crippen molar-refractivity contribution in [2.45, 2.75) is 52.1 Å². The average Bonchev–Trinajstić information content (AvgIpc) is 3.27. The number of rotatable bonds is 5. The Morgan fingerprint density at radius 2 is 1.74 bits per heavy atom. The summed E-state index contributed by atoms with van der Waals surface area (Å²) >= 11 is 1.83. The minimum atomic E-state index is -0.199. The number of piperazine rings is 1. The fourth-order valence-corrected chi connectivity index (χ4v) is 5.85. The average molecular weight is 440 g/mol. The molecular formula is C25H33N3O2S. The van der Waals surface area contributed by atoms with Crippen LogP contribution in [0, 0.1) is 6.92 Å². The molecule has 0 N–H and O–H groups in total. The molecular weight excluding hydrogens is 406 g/mol. The molecule has 3 heterocycles. The van der Waals surface area contributed by atoms with Crippen LogP contribution >= 0.6 is 11.3 Å². The van der Waals surface area contributed by atoms with Gasteiger partial charge >= 0.3 is 0 Å². The third-order valence-corrected chi connectivity index (χ3v) is 7.75. The molecule has 4 rings (SSSR count). The van der Waals surface area contributed by atoms with Crippen molar-refractivity contribution >= 4 is 23.2 Å². The minimum absolute atomic E-state index is 0.113. The fraction of sp³-hybridized carbons (Fsp3) is 0.520. The van der Waals surface area contributed by atoms with Crippen LogP contribution in [-0.4, -0.2) is 65.3 Å². The van der Waals surface area contributed by atoms with Gasteiger partial charge in [0.2, 0.25) is 11.8 Å². The minimum Gasteiger partial charge on any atom is -0.339 e. The van der Waals surface area contributed by atoms with E-state index in [1.54, 1.807) is 0 Å². The number of carbonyl (C=O) groups excluding carboxylic acids is 2. The first-order valence-corrected chi connectivity index (χ1v) is 12.3. The van der Waals surface area contributed by atoms with Crippen LogP contribution < -0.4 is 0 Å². The first kappa shape index (κ1) is 22.0. The highest BCUT2D eigenvalue weighted by molar-refractivity contribution is 7.10. The summed E-state index contributed by atoms with van der Waals surface area (Å²) in [4.78, 5) is 33.4. The van der Waals surface area contributed by atoms with Gasteiger partial charge < -0.3 is 9.80 Å². The van der Waals surface area contributed by atoms with E-state index in [1.165, 1.54) is 21.6 Å². The molecule has 1 saturated heterocycles. The number of nitrogens with zero attached hydrogens (tertiary/aromatic N) is 3. The summed E-state index contributed by atoms with van der Waals surface area (Å²) in [5.74, 6) is 0.392. The van der Waals surface area contributed by atoms with Gasteiger partial charge in [0.1, 0.15) is 0 Å². The summed E-state index contributed by atoms with van der Waals surface area (Å²) in [6.45, 7) is 9.68. The molecule has 0 bridgehead atoms. The Bertz CT molecular complexity index is 932. The van der Waals surface area contributed by atoms with E-state index in [-0.39, 0.29) is 23.9 Å². The van der Waals surface area contributed by atoms with Gasteiger partial charge in [0.15, 0.2) is 0 Å². The number of benzene rings is 1. The number of carbonyl (C=O) groups is 2. The molecule has 166 valence electrons. The molecule has 0 aliphatic carbocycles. The van der Waals surface area contributed by atoms with E-state index < -0.39 is 0 Å². The van der Waals surface area contributed by atoms with Gasteiger partial charge in [0, 0.05) is 44.0 Å². The molecule has 31 heavy (non-hydrogen) atoms. The molecule has 1 fully saturated rings. The number of thiophene rings is 1. The molecule has 1 aromatic heterocycles. The van der Waals surface area contributed by atoms with Gasteiger partial charge in [-0.25, -0.2) is 0 Å². The lowest BCUT2D eigenvalue weighted by Crippen LogP contribution is -2.56. The summed E-state index contributed by atoms with van der Waals surface area (Å²) in [5.41, 5.74) is 3.90. The maximum atomic E-state index is 13.5. The fourth-order valence-electron chi connectivity index (χ4n) is 4.95. The summed E-state index contributed by atoms with van der Waals surface area (Å²) in [6, 6.07) is 10.7. The van der Waals surface area contributed by atoms with Crippen LogP contribution in [0.15, 0.2) is 35.7 Å². The van der Waals surface area contributed by atoms with Crippen molar-refractivity contribution in [3.8, 4) is 0 Å². The number of aryl methyl sites for hydroxylation is 1. The van der Waals surface area contributed by atoms with Gasteiger partial charge in [-0.3, -0.25) is 14.5 Å². The Morgan fingerprint density at radius 1 is 1.03 bits per heavy atom. The highest BCUT2D eigenvalue weighted by Gasteiger charge is 2.37. The largest absolute Gasteiger partial charge is 0.339 e. The Hall–Kier alpha value is -2.18. The molecule has 2 amide bonds. The molecule has 0 spiro atoms. The van der Waals surface area contributed by atoms with Gasteiger partial charge in [-0.2, -0.15) is 0 Å². The Morgan fingerprint density at radius 3 is 2.45 bits per heavy atom. The molecule has 5 nitrogen and oxygen atoms in total. The SMILES string of the molecule is CCCC(=O)N1CCN(C(=O)[C@H](C)N2CCc3sccc3[C@@H]2c2ccccc2C)CC1. The van der Waals surface area contributed by atoms with Crippen molar-refractivity contribution in [1.82, 2.24) is 14.7 Å². The van der Waals surface area contributed by atoms with Crippen LogP contribution in [0.2, 0.25) is 0 Å². The first-order chi connectivity index (χ1) is 15.0. The third kappa shape index (κ3) is 4.41. The van der Waals surface area contributed by atoms with Crippen molar-refractivity contribution in [1.29, 1.82) is 0 Å². The molecule has 0 radical (unpaired) electrons. The van der Waals surface area contributed by atoms with Crippen LogP contribution in [0.25, 0.3) is 0 Å². The molecule has 2 aliphatic heterocycles. The van der Waals surface area contributed by atoms with Crippen LogP contribution in [-0.2, 0) is 16.0 Å². The lowest BCUT2D eigenvalue weighted by Gasteiger charge is -2.43. The Kier molecular flexibility index (Phi) is 6.77. The van der Waals surface area contributed by atoms with Crippen molar-refractivity contribution in [2.24, 2.45) is 0 Å². The molecule has 6 heteroatoms. The van der Waals surface area contributed by atoms with Crippen LogP contribution in [0.3, 0.4) is 0 Å². The number of hydrogen-bond acceptors (Lipinski definition) is 4. The molecule has 0 saturated carbocycles. The van der Waals surface area contributed by atoms with Gasteiger partial charge in [-0.05, 0) is 54.8 Å².